The molecule has 1 heterocycles. The number of hydrogen-bond donors (Lipinski definition) is 3. The fourth-order valence-corrected chi connectivity index (χ4v) is 2.48. The Morgan fingerprint density at radius 2 is 2.12 bits per heavy atom. The van der Waals surface area contributed by atoms with Crippen LogP contribution in [0.5, 0.6) is 11.5 Å². The molecule has 0 unspecified atom stereocenters. The van der Waals surface area contributed by atoms with Gasteiger partial charge in [-0.05, 0) is 35.9 Å². The van der Waals surface area contributed by atoms with Gasteiger partial charge < -0.3 is 9.84 Å². The van der Waals surface area contributed by atoms with E-state index in [-0.39, 0.29) is 11.4 Å². The molecule has 2 aromatic carbocycles. The molecule has 0 fully saturated rings. The quantitative estimate of drug-likeness (QED) is 0.474. The summed E-state index contributed by atoms with van der Waals surface area (Å²) in [6.45, 7) is 0. The molecule has 0 aliphatic rings. The van der Waals surface area contributed by atoms with E-state index in [1.807, 2.05) is 18.2 Å². The summed E-state index contributed by atoms with van der Waals surface area (Å²) in [7, 11) is 1.45. The third-order valence-electron chi connectivity index (χ3n) is 3.56. The number of aromatic nitrogens is 2. The molecule has 0 atom stereocenters. The summed E-state index contributed by atoms with van der Waals surface area (Å²) in [6.07, 6.45) is 1.44. The number of methoxy groups -OCH3 is 1. The van der Waals surface area contributed by atoms with Gasteiger partial charge in [0.25, 0.3) is 5.91 Å². The molecule has 8 heteroatoms. The highest BCUT2D eigenvalue weighted by Gasteiger charge is 2.12. The van der Waals surface area contributed by atoms with E-state index >= 15 is 0 Å². The second kappa shape index (κ2) is 7.71. The van der Waals surface area contributed by atoms with Crippen LogP contribution in [0, 0.1) is 0 Å². The third-order valence-corrected chi connectivity index (χ3v) is 3.89. The predicted molar refractivity (Wildman–Crippen MR) is 98.8 cm³/mol. The minimum absolute atomic E-state index is 0.0262. The van der Waals surface area contributed by atoms with Gasteiger partial charge in [0, 0.05) is 5.56 Å². The molecule has 1 aromatic heterocycles. The first kappa shape index (κ1) is 17.5. The number of phenols is 1. The topological polar surface area (TPSA) is 99.6 Å². The number of H-pyrrole nitrogens is 1. The summed E-state index contributed by atoms with van der Waals surface area (Å²) in [6, 6.07) is 13.5. The van der Waals surface area contributed by atoms with E-state index in [2.05, 4.69) is 20.7 Å². The molecule has 3 rings (SSSR count). The summed E-state index contributed by atoms with van der Waals surface area (Å²) >= 11 is 6.13. The van der Waals surface area contributed by atoms with Crippen molar-refractivity contribution < 1.29 is 14.6 Å². The lowest BCUT2D eigenvalue weighted by Gasteiger charge is -2.03. The highest BCUT2D eigenvalue weighted by Crippen LogP contribution is 2.26. The van der Waals surface area contributed by atoms with Gasteiger partial charge in [0.15, 0.2) is 11.5 Å². The van der Waals surface area contributed by atoms with Crippen LogP contribution in [0.15, 0.2) is 53.6 Å². The van der Waals surface area contributed by atoms with E-state index < -0.39 is 5.91 Å². The number of benzene rings is 2. The Labute approximate surface area is 154 Å². The molecular weight excluding hydrogens is 356 g/mol. The highest BCUT2D eigenvalue weighted by atomic mass is 35.5. The summed E-state index contributed by atoms with van der Waals surface area (Å²) < 4.78 is 5.01. The lowest BCUT2D eigenvalue weighted by atomic mass is 10.1. The van der Waals surface area contributed by atoms with E-state index in [1.54, 1.807) is 24.3 Å². The monoisotopic (exact) mass is 370 g/mol. The first-order valence-corrected chi connectivity index (χ1v) is 7.97. The smallest absolute Gasteiger partial charge is 0.289 e. The minimum Gasteiger partial charge on any atom is -0.504 e. The number of amides is 1. The van der Waals surface area contributed by atoms with Crippen LogP contribution >= 0.6 is 11.6 Å². The van der Waals surface area contributed by atoms with Gasteiger partial charge in [0.2, 0.25) is 0 Å². The van der Waals surface area contributed by atoms with Crippen LogP contribution in [-0.2, 0) is 0 Å². The Morgan fingerprint density at radius 1 is 1.31 bits per heavy atom. The van der Waals surface area contributed by atoms with E-state index in [0.29, 0.717) is 22.0 Å². The Kier molecular flexibility index (Phi) is 5.19. The predicted octanol–water partition coefficient (Wildman–Crippen LogP) is 3.21. The van der Waals surface area contributed by atoms with Gasteiger partial charge in [-0.1, -0.05) is 29.8 Å². The molecule has 132 valence electrons. The van der Waals surface area contributed by atoms with Crippen LogP contribution in [-0.4, -0.2) is 34.5 Å². The van der Waals surface area contributed by atoms with Crippen molar-refractivity contribution in [2.24, 2.45) is 5.10 Å². The maximum absolute atomic E-state index is 12.1. The van der Waals surface area contributed by atoms with Gasteiger partial charge in [0.1, 0.15) is 5.69 Å². The molecule has 0 saturated heterocycles. The number of aromatic amines is 1. The number of hydrazone groups is 1. The second-order valence-electron chi connectivity index (χ2n) is 5.28. The number of ether oxygens (including phenoxy) is 1. The molecule has 0 aliphatic heterocycles. The van der Waals surface area contributed by atoms with Crippen LogP contribution in [0.3, 0.4) is 0 Å². The Bertz CT molecular complexity index is 969. The van der Waals surface area contributed by atoms with Crippen molar-refractivity contribution in [3.05, 3.63) is 64.8 Å². The van der Waals surface area contributed by atoms with Crippen molar-refractivity contribution in [1.29, 1.82) is 0 Å². The maximum atomic E-state index is 12.1. The fourth-order valence-electron chi connectivity index (χ4n) is 2.25. The van der Waals surface area contributed by atoms with Crippen LogP contribution in [0.2, 0.25) is 5.02 Å². The first-order valence-electron chi connectivity index (χ1n) is 7.59. The normalized spacial score (nSPS) is 10.8. The van der Waals surface area contributed by atoms with Gasteiger partial charge in [-0.2, -0.15) is 10.2 Å². The number of nitrogens with one attached hydrogen (secondary N) is 2. The summed E-state index contributed by atoms with van der Waals surface area (Å²) in [5.74, 6) is -0.103. The molecule has 3 N–H and O–H groups in total. The van der Waals surface area contributed by atoms with Gasteiger partial charge in [0.05, 0.1) is 24.0 Å². The zero-order valence-corrected chi connectivity index (χ0v) is 14.5. The summed E-state index contributed by atoms with van der Waals surface area (Å²) in [4.78, 5) is 12.1. The number of carbonyl (C=O) groups excluding carboxylic acids is 1. The Hall–Kier alpha value is -3.32. The molecule has 0 saturated carbocycles. The van der Waals surface area contributed by atoms with Crippen molar-refractivity contribution in [1.82, 2.24) is 15.6 Å². The maximum Gasteiger partial charge on any atom is 0.289 e. The van der Waals surface area contributed by atoms with Crippen molar-refractivity contribution in [2.45, 2.75) is 0 Å². The van der Waals surface area contributed by atoms with Crippen LogP contribution in [0.25, 0.3) is 11.3 Å². The molecule has 26 heavy (non-hydrogen) atoms. The lowest BCUT2D eigenvalue weighted by Crippen LogP contribution is -2.18. The SMILES string of the molecule is COc1cc(C=NNC(=O)c2cc(-c3ccccc3Cl)n[nH]2)ccc1O. The number of phenolic OH excluding ortho intramolecular Hbond substituents is 1. The lowest BCUT2D eigenvalue weighted by molar-refractivity contribution is 0.0950. The number of rotatable bonds is 5. The Balaban J connectivity index is 1.68. The standard InChI is InChI=1S/C18H15ClN4O3/c1-26-17-8-11(6-7-16(17)24)10-20-23-18(25)15-9-14(21-22-15)12-4-2-3-5-13(12)19/h2-10,24H,1H3,(H,21,22)(H,23,25). The average molecular weight is 371 g/mol. The molecule has 3 aromatic rings. The van der Waals surface area contributed by atoms with Crippen molar-refractivity contribution in [3.63, 3.8) is 0 Å². The van der Waals surface area contributed by atoms with E-state index in [1.165, 1.54) is 19.4 Å². The van der Waals surface area contributed by atoms with Crippen molar-refractivity contribution >= 4 is 23.7 Å². The fraction of sp³-hybridized carbons (Fsp3) is 0.0556. The molecule has 0 bridgehead atoms. The molecule has 7 nitrogen and oxygen atoms in total. The van der Waals surface area contributed by atoms with E-state index in [4.69, 9.17) is 16.3 Å². The minimum atomic E-state index is -0.446. The molecular formula is C18H15ClN4O3. The zero-order valence-electron chi connectivity index (χ0n) is 13.7. The van der Waals surface area contributed by atoms with Crippen LogP contribution in [0.1, 0.15) is 16.1 Å². The first-order chi connectivity index (χ1) is 12.6. The Morgan fingerprint density at radius 3 is 2.88 bits per heavy atom. The average Bonchev–Trinajstić information content (AvgIpc) is 3.13. The van der Waals surface area contributed by atoms with Gasteiger partial charge in [-0.15, -0.1) is 0 Å². The molecule has 1 amide bonds. The summed E-state index contributed by atoms with van der Waals surface area (Å²) in [5.41, 5.74) is 4.60. The molecule has 0 spiro atoms. The number of nitrogens with zero attached hydrogens (tertiary/aromatic N) is 2. The van der Waals surface area contributed by atoms with E-state index in [9.17, 15) is 9.90 Å². The van der Waals surface area contributed by atoms with Gasteiger partial charge in [-0.25, -0.2) is 5.43 Å². The molecule has 0 radical (unpaired) electrons. The van der Waals surface area contributed by atoms with Crippen LogP contribution in [0.4, 0.5) is 0 Å². The van der Waals surface area contributed by atoms with Gasteiger partial charge >= 0.3 is 0 Å². The number of carbonyl (C=O) groups is 1. The summed E-state index contributed by atoms with van der Waals surface area (Å²) in [5, 5.41) is 20.7. The van der Waals surface area contributed by atoms with Crippen molar-refractivity contribution in [3.8, 4) is 22.8 Å². The number of hydrogen-bond acceptors (Lipinski definition) is 5. The largest absolute Gasteiger partial charge is 0.504 e. The number of aromatic hydroxyl groups is 1. The third kappa shape index (κ3) is 3.84. The van der Waals surface area contributed by atoms with Gasteiger partial charge in [-0.3, -0.25) is 9.89 Å². The number of halogens is 1. The second-order valence-corrected chi connectivity index (χ2v) is 5.68. The van der Waals surface area contributed by atoms with Crippen molar-refractivity contribution in [2.75, 3.05) is 7.11 Å². The van der Waals surface area contributed by atoms with Crippen LogP contribution < -0.4 is 10.2 Å². The van der Waals surface area contributed by atoms with E-state index in [0.717, 1.165) is 5.56 Å². The zero-order chi connectivity index (χ0) is 18.5. The molecule has 0 aliphatic carbocycles. The highest BCUT2D eigenvalue weighted by molar-refractivity contribution is 6.33.